The van der Waals surface area contributed by atoms with E-state index in [1.165, 1.54) is 12.8 Å². The van der Waals surface area contributed by atoms with Gasteiger partial charge in [0.05, 0.1) is 0 Å². The SMILES string of the molecule is CCCCCCCC(=O)NC(=O)C(N)c1ccccc1. The van der Waals surface area contributed by atoms with Gasteiger partial charge in [-0.15, -0.1) is 0 Å². The van der Waals surface area contributed by atoms with Crippen molar-refractivity contribution in [2.24, 2.45) is 5.73 Å². The van der Waals surface area contributed by atoms with Gasteiger partial charge in [0.2, 0.25) is 11.8 Å². The van der Waals surface area contributed by atoms with Crippen LogP contribution in [0.15, 0.2) is 30.3 Å². The van der Waals surface area contributed by atoms with Crippen LogP contribution in [0.25, 0.3) is 0 Å². The van der Waals surface area contributed by atoms with E-state index in [1.54, 1.807) is 12.1 Å². The Kier molecular flexibility index (Phi) is 7.58. The minimum atomic E-state index is -0.791. The third kappa shape index (κ3) is 5.97. The van der Waals surface area contributed by atoms with Crippen LogP contribution in [0.3, 0.4) is 0 Å². The molecule has 0 heterocycles. The van der Waals surface area contributed by atoms with Crippen LogP contribution in [-0.4, -0.2) is 11.8 Å². The number of amides is 2. The van der Waals surface area contributed by atoms with Crippen LogP contribution in [0, 0.1) is 0 Å². The first-order valence-corrected chi connectivity index (χ1v) is 7.29. The number of carbonyl (C=O) groups excluding carboxylic acids is 2. The molecule has 1 rings (SSSR count). The summed E-state index contributed by atoms with van der Waals surface area (Å²) in [5.41, 5.74) is 6.53. The fourth-order valence-electron chi connectivity index (χ4n) is 1.98. The fourth-order valence-corrected chi connectivity index (χ4v) is 1.98. The van der Waals surface area contributed by atoms with Crippen molar-refractivity contribution in [2.75, 3.05) is 0 Å². The van der Waals surface area contributed by atoms with E-state index >= 15 is 0 Å². The number of benzene rings is 1. The van der Waals surface area contributed by atoms with Crippen LogP contribution >= 0.6 is 0 Å². The lowest BCUT2D eigenvalue weighted by Crippen LogP contribution is -2.37. The van der Waals surface area contributed by atoms with Crippen LogP contribution in [-0.2, 0) is 9.59 Å². The molecule has 4 nitrogen and oxygen atoms in total. The van der Waals surface area contributed by atoms with Crippen molar-refractivity contribution in [1.29, 1.82) is 0 Å². The molecule has 0 aliphatic heterocycles. The van der Waals surface area contributed by atoms with E-state index in [-0.39, 0.29) is 5.91 Å². The molecule has 2 amide bonds. The van der Waals surface area contributed by atoms with Crippen LogP contribution in [0.5, 0.6) is 0 Å². The Bertz CT molecular complexity index is 418. The van der Waals surface area contributed by atoms with Gasteiger partial charge in [-0.25, -0.2) is 0 Å². The van der Waals surface area contributed by atoms with Crippen molar-refractivity contribution in [3.63, 3.8) is 0 Å². The van der Waals surface area contributed by atoms with Crippen molar-refractivity contribution in [3.8, 4) is 0 Å². The van der Waals surface area contributed by atoms with Crippen LogP contribution in [0.2, 0.25) is 0 Å². The van der Waals surface area contributed by atoms with Crippen LogP contribution in [0.4, 0.5) is 0 Å². The first-order valence-electron chi connectivity index (χ1n) is 7.29. The summed E-state index contributed by atoms with van der Waals surface area (Å²) in [7, 11) is 0. The molecule has 0 aliphatic rings. The second kappa shape index (κ2) is 9.26. The summed E-state index contributed by atoms with van der Waals surface area (Å²) in [5, 5.41) is 2.37. The molecule has 0 spiro atoms. The minimum Gasteiger partial charge on any atom is -0.316 e. The van der Waals surface area contributed by atoms with Gasteiger partial charge in [-0.3, -0.25) is 14.9 Å². The molecule has 1 aromatic carbocycles. The predicted molar refractivity (Wildman–Crippen MR) is 79.9 cm³/mol. The van der Waals surface area contributed by atoms with Gasteiger partial charge in [-0.05, 0) is 12.0 Å². The molecule has 0 bridgehead atoms. The number of carbonyl (C=O) groups is 2. The van der Waals surface area contributed by atoms with Crippen LogP contribution in [0.1, 0.15) is 57.1 Å². The van der Waals surface area contributed by atoms with E-state index in [2.05, 4.69) is 12.2 Å². The van der Waals surface area contributed by atoms with E-state index in [0.717, 1.165) is 19.3 Å². The molecule has 0 saturated carbocycles. The first-order chi connectivity index (χ1) is 9.65. The maximum atomic E-state index is 11.8. The number of hydrogen-bond acceptors (Lipinski definition) is 3. The third-order valence-corrected chi connectivity index (χ3v) is 3.21. The van der Waals surface area contributed by atoms with Crippen molar-refractivity contribution >= 4 is 11.8 Å². The number of imide groups is 1. The first kappa shape index (κ1) is 16.4. The Morgan fingerprint density at radius 2 is 1.75 bits per heavy atom. The average Bonchev–Trinajstić information content (AvgIpc) is 2.47. The minimum absolute atomic E-state index is 0.238. The molecular weight excluding hydrogens is 252 g/mol. The highest BCUT2D eigenvalue weighted by molar-refractivity contribution is 5.98. The van der Waals surface area contributed by atoms with Gasteiger partial charge in [-0.2, -0.15) is 0 Å². The van der Waals surface area contributed by atoms with Gasteiger partial charge in [-0.1, -0.05) is 62.9 Å². The lowest BCUT2D eigenvalue weighted by atomic mass is 10.1. The van der Waals surface area contributed by atoms with Gasteiger partial charge in [0.15, 0.2) is 0 Å². The quantitative estimate of drug-likeness (QED) is 0.717. The highest BCUT2D eigenvalue weighted by Gasteiger charge is 2.17. The molecule has 1 aromatic rings. The largest absolute Gasteiger partial charge is 0.316 e. The zero-order chi connectivity index (χ0) is 14.8. The zero-order valence-electron chi connectivity index (χ0n) is 12.1. The monoisotopic (exact) mass is 276 g/mol. The molecule has 20 heavy (non-hydrogen) atoms. The number of unbranched alkanes of at least 4 members (excludes halogenated alkanes) is 4. The Labute approximate surface area is 120 Å². The summed E-state index contributed by atoms with van der Waals surface area (Å²) in [6.45, 7) is 2.15. The number of rotatable bonds is 8. The molecule has 0 aromatic heterocycles. The smallest absolute Gasteiger partial charge is 0.248 e. The third-order valence-electron chi connectivity index (χ3n) is 3.21. The molecule has 110 valence electrons. The number of nitrogens with one attached hydrogen (secondary N) is 1. The van der Waals surface area contributed by atoms with Gasteiger partial charge < -0.3 is 5.73 Å². The summed E-state index contributed by atoms with van der Waals surface area (Å²) < 4.78 is 0. The molecule has 1 unspecified atom stereocenters. The van der Waals surface area contributed by atoms with Gasteiger partial charge in [0, 0.05) is 6.42 Å². The molecule has 0 aliphatic carbocycles. The van der Waals surface area contributed by atoms with E-state index < -0.39 is 11.9 Å². The average molecular weight is 276 g/mol. The van der Waals surface area contributed by atoms with Crippen molar-refractivity contribution < 1.29 is 9.59 Å². The zero-order valence-corrected chi connectivity index (χ0v) is 12.1. The van der Waals surface area contributed by atoms with E-state index in [1.807, 2.05) is 18.2 Å². The highest BCUT2D eigenvalue weighted by Crippen LogP contribution is 2.10. The maximum absolute atomic E-state index is 11.8. The Balaban J connectivity index is 2.29. The van der Waals surface area contributed by atoms with E-state index in [9.17, 15) is 9.59 Å². The maximum Gasteiger partial charge on any atom is 0.248 e. The summed E-state index contributed by atoms with van der Waals surface area (Å²) in [5.74, 6) is -0.673. The van der Waals surface area contributed by atoms with Gasteiger partial charge in [0.1, 0.15) is 6.04 Å². The van der Waals surface area contributed by atoms with Gasteiger partial charge >= 0.3 is 0 Å². The molecule has 0 radical (unpaired) electrons. The lowest BCUT2D eigenvalue weighted by molar-refractivity contribution is -0.131. The number of nitrogens with two attached hydrogens (primary N) is 1. The van der Waals surface area contributed by atoms with Crippen molar-refractivity contribution in [2.45, 2.75) is 51.5 Å². The van der Waals surface area contributed by atoms with Crippen LogP contribution < -0.4 is 11.1 Å². The summed E-state index contributed by atoms with van der Waals surface area (Å²) >= 11 is 0. The second-order valence-electron chi connectivity index (χ2n) is 4.96. The second-order valence-corrected chi connectivity index (χ2v) is 4.96. The molecule has 3 N–H and O–H groups in total. The summed E-state index contributed by atoms with van der Waals surface area (Å²) in [4.78, 5) is 23.5. The Hall–Kier alpha value is -1.68. The number of hydrogen-bond donors (Lipinski definition) is 2. The Morgan fingerprint density at radius 3 is 2.40 bits per heavy atom. The fraction of sp³-hybridized carbons (Fsp3) is 0.500. The normalized spacial score (nSPS) is 11.9. The molecule has 0 saturated heterocycles. The van der Waals surface area contributed by atoms with E-state index in [0.29, 0.717) is 12.0 Å². The molecule has 4 heteroatoms. The highest BCUT2D eigenvalue weighted by atomic mass is 16.2. The lowest BCUT2D eigenvalue weighted by Gasteiger charge is -2.11. The van der Waals surface area contributed by atoms with Crippen molar-refractivity contribution in [3.05, 3.63) is 35.9 Å². The molecule has 0 fully saturated rings. The molecule has 1 atom stereocenters. The molecular formula is C16H24N2O2. The Morgan fingerprint density at radius 1 is 1.10 bits per heavy atom. The standard InChI is InChI=1S/C16H24N2O2/c1-2-3-4-5-9-12-14(19)18-16(20)15(17)13-10-7-6-8-11-13/h6-8,10-11,15H,2-5,9,12,17H2,1H3,(H,18,19,20). The summed E-state index contributed by atoms with van der Waals surface area (Å²) in [6, 6.07) is 8.25. The summed E-state index contributed by atoms with van der Waals surface area (Å²) in [6.07, 6.45) is 5.74. The van der Waals surface area contributed by atoms with Gasteiger partial charge in [0.25, 0.3) is 0 Å². The topological polar surface area (TPSA) is 72.2 Å². The van der Waals surface area contributed by atoms with E-state index in [4.69, 9.17) is 5.73 Å². The predicted octanol–water partition coefficient (Wildman–Crippen LogP) is 2.69. The van der Waals surface area contributed by atoms with Crippen molar-refractivity contribution in [1.82, 2.24) is 5.32 Å².